The molecule has 1 atom stereocenters. The van der Waals surface area contributed by atoms with Gasteiger partial charge in [0, 0.05) is 18.9 Å². The molecule has 1 aliphatic rings. The number of benzene rings is 1. The molecule has 9 nitrogen and oxygen atoms in total. The molecule has 1 aliphatic heterocycles. The summed E-state index contributed by atoms with van der Waals surface area (Å²) in [4.78, 5) is 32.1. The Morgan fingerprint density at radius 2 is 1.96 bits per heavy atom. The molecule has 0 spiro atoms. The van der Waals surface area contributed by atoms with E-state index in [1.165, 1.54) is 29.7 Å². The Kier molecular flexibility index (Phi) is 5.08. The van der Waals surface area contributed by atoms with Gasteiger partial charge in [-0.15, -0.1) is 0 Å². The number of nitrogens with zero attached hydrogens (tertiary/aromatic N) is 3. The first-order chi connectivity index (χ1) is 12.8. The summed E-state index contributed by atoms with van der Waals surface area (Å²) in [6.45, 7) is 1.78. The number of ether oxygens (including phenoxy) is 1. The van der Waals surface area contributed by atoms with E-state index in [2.05, 4.69) is 15.3 Å². The Balaban J connectivity index is 1.67. The number of nitrogens with one attached hydrogen (secondary N) is 1. The lowest BCUT2D eigenvalue weighted by Gasteiger charge is -2.17. The Morgan fingerprint density at radius 1 is 1.26 bits per heavy atom. The molecule has 2 heterocycles. The quantitative estimate of drug-likeness (QED) is 0.756. The first kappa shape index (κ1) is 18.8. The first-order valence-corrected chi connectivity index (χ1v) is 10.00. The number of hydrogen-bond donors (Lipinski definition) is 1. The Labute approximate surface area is 156 Å². The number of carbonyl (C=O) groups is 2. The summed E-state index contributed by atoms with van der Waals surface area (Å²) in [5.41, 5.74) is 1.55. The first-order valence-electron chi connectivity index (χ1n) is 8.15. The molecule has 0 fully saturated rings. The average Bonchev–Trinajstić information content (AvgIpc) is 3.06. The summed E-state index contributed by atoms with van der Waals surface area (Å²) in [5.74, 6) is -1.12. The number of carbonyl (C=O) groups excluding carboxylic acids is 2. The third-order valence-corrected chi connectivity index (χ3v) is 5.20. The normalized spacial score (nSPS) is 14.4. The number of anilines is 2. The number of aromatic nitrogens is 2. The second-order valence-corrected chi connectivity index (χ2v) is 7.94. The predicted octanol–water partition coefficient (Wildman–Crippen LogP) is 0.983. The van der Waals surface area contributed by atoms with E-state index in [-0.39, 0.29) is 11.5 Å². The molecule has 0 saturated heterocycles. The van der Waals surface area contributed by atoms with Crippen molar-refractivity contribution in [2.45, 2.75) is 19.4 Å². The van der Waals surface area contributed by atoms with Crippen molar-refractivity contribution in [2.24, 2.45) is 0 Å². The minimum Gasteiger partial charge on any atom is -0.449 e. The van der Waals surface area contributed by atoms with E-state index in [0.29, 0.717) is 18.7 Å². The molecule has 1 aromatic carbocycles. The molecule has 1 amide bonds. The van der Waals surface area contributed by atoms with Crippen molar-refractivity contribution in [2.75, 3.05) is 22.4 Å². The van der Waals surface area contributed by atoms with Crippen LogP contribution in [0.2, 0.25) is 0 Å². The summed E-state index contributed by atoms with van der Waals surface area (Å²) < 4.78 is 30.0. The van der Waals surface area contributed by atoms with Gasteiger partial charge in [0.25, 0.3) is 5.91 Å². The molecular formula is C17H18N4O5S. The van der Waals surface area contributed by atoms with Gasteiger partial charge in [0.05, 0.1) is 17.5 Å². The van der Waals surface area contributed by atoms with Gasteiger partial charge in [-0.2, -0.15) is 0 Å². The van der Waals surface area contributed by atoms with Crippen LogP contribution in [0.3, 0.4) is 0 Å². The molecule has 0 aliphatic carbocycles. The molecule has 27 heavy (non-hydrogen) atoms. The van der Waals surface area contributed by atoms with Crippen molar-refractivity contribution in [3.8, 4) is 0 Å². The highest BCUT2D eigenvalue weighted by molar-refractivity contribution is 7.92. The maximum Gasteiger partial charge on any atom is 0.338 e. The zero-order chi connectivity index (χ0) is 19.6. The van der Waals surface area contributed by atoms with Crippen LogP contribution in [0.25, 0.3) is 0 Å². The number of amides is 1. The minimum absolute atomic E-state index is 0.115. The molecular weight excluding hydrogens is 372 g/mol. The van der Waals surface area contributed by atoms with Crippen molar-refractivity contribution < 1.29 is 22.7 Å². The van der Waals surface area contributed by atoms with Gasteiger partial charge < -0.3 is 4.74 Å². The highest BCUT2D eigenvalue weighted by Gasteiger charge is 2.27. The van der Waals surface area contributed by atoms with Crippen molar-refractivity contribution in [3.05, 3.63) is 47.8 Å². The number of fused-ring (bicyclic) bond motifs is 1. The lowest BCUT2D eigenvalue weighted by Crippen LogP contribution is -2.30. The maximum absolute atomic E-state index is 12.3. The lowest BCUT2D eigenvalue weighted by atomic mass is 10.1. The van der Waals surface area contributed by atoms with E-state index >= 15 is 0 Å². The Hall–Kier alpha value is -3.01. The highest BCUT2D eigenvalue weighted by Crippen LogP contribution is 2.30. The van der Waals surface area contributed by atoms with E-state index in [9.17, 15) is 18.0 Å². The lowest BCUT2D eigenvalue weighted by molar-refractivity contribution is -0.123. The monoisotopic (exact) mass is 390 g/mol. The van der Waals surface area contributed by atoms with Crippen LogP contribution in [0.4, 0.5) is 11.6 Å². The standard InChI is InChI=1S/C17H18N4O5S/c1-11(15(22)20-17-18-7-3-8-19-17)26-16(23)13-4-5-14-12(10-13)6-9-21(14)27(2,24)25/h3-5,7-8,10-11H,6,9H2,1-2H3,(H,18,19,20,22). The van der Waals surface area contributed by atoms with Crippen molar-refractivity contribution in [3.63, 3.8) is 0 Å². The van der Waals surface area contributed by atoms with Crippen molar-refractivity contribution in [1.82, 2.24) is 9.97 Å². The average molecular weight is 390 g/mol. The second kappa shape index (κ2) is 7.31. The molecule has 1 N–H and O–H groups in total. The van der Waals surface area contributed by atoms with Crippen LogP contribution in [0.5, 0.6) is 0 Å². The third kappa shape index (κ3) is 4.22. The van der Waals surface area contributed by atoms with E-state index in [1.54, 1.807) is 18.2 Å². The van der Waals surface area contributed by atoms with Crippen LogP contribution in [0.15, 0.2) is 36.7 Å². The summed E-state index contributed by atoms with van der Waals surface area (Å²) in [5, 5.41) is 2.45. The van der Waals surface area contributed by atoms with Gasteiger partial charge in [0.1, 0.15) is 0 Å². The van der Waals surface area contributed by atoms with Gasteiger partial charge >= 0.3 is 5.97 Å². The fourth-order valence-electron chi connectivity index (χ4n) is 2.70. The van der Waals surface area contributed by atoms with Gasteiger partial charge in [-0.05, 0) is 43.2 Å². The summed E-state index contributed by atoms with van der Waals surface area (Å²) in [6, 6.07) is 6.25. The molecule has 1 aromatic heterocycles. The molecule has 1 unspecified atom stereocenters. The zero-order valence-corrected chi connectivity index (χ0v) is 15.6. The SMILES string of the molecule is CC(OC(=O)c1ccc2c(c1)CCN2S(C)(=O)=O)C(=O)Nc1ncccn1. The van der Waals surface area contributed by atoms with Gasteiger partial charge in [-0.25, -0.2) is 23.2 Å². The number of esters is 1. The molecule has 0 radical (unpaired) electrons. The van der Waals surface area contributed by atoms with Gasteiger partial charge in [0.15, 0.2) is 6.10 Å². The number of rotatable bonds is 5. The van der Waals surface area contributed by atoms with Crippen molar-refractivity contribution in [1.29, 1.82) is 0 Å². The van der Waals surface area contributed by atoms with E-state index in [0.717, 1.165) is 11.8 Å². The number of sulfonamides is 1. The van der Waals surface area contributed by atoms with Crippen LogP contribution >= 0.6 is 0 Å². The third-order valence-electron chi connectivity index (χ3n) is 4.02. The van der Waals surface area contributed by atoms with Crippen LogP contribution in [-0.2, 0) is 26.0 Å². The topological polar surface area (TPSA) is 119 Å². The zero-order valence-electron chi connectivity index (χ0n) is 14.7. The van der Waals surface area contributed by atoms with Crippen LogP contribution in [0, 0.1) is 0 Å². The van der Waals surface area contributed by atoms with Gasteiger partial charge in [-0.1, -0.05) is 0 Å². The number of hydrogen-bond acceptors (Lipinski definition) is 7. The van der Waals surface area contributed by atoms with Crippen LogP contribution in [-0.4, -0.2) is 49.2 Å². The molecule has 2 aromatic rings. The summed E-state index contributed by atoms with van der Waals surface area (Å²) >= 11 is 0. The summed E-state index contributed by atoms with van der Waals surface area (Å²) in [7, 11) is -3.36. The summed E-state index contributed by atoms with van der Waals surface area (Å²) in [6.07, 6.45) is 3.54. The Bertz CT molecular complexity index is 978. The molecule has 0 bridgehead atoms. The highest BCUT2D eigenvalue weighted by atomic mass is 32.2. The van der Waals surface area contributed by atoms with E-state index < -0.39 is 28.0 Å². The van der Waals surface area contributed by atoms with Gasteiger partial charge in [0.2, 0.25) is 16.0 Å². The Morgan fingerprint density at radius 3 is 2.63 bits per heavy atom. The largest absolute Gasteiger partial charge is 0.449 e. The van der Waals surface area contributed by atoms with E-state index in [1.807, 2.05) is 0 Å². The van der Waals surface area contributed by atoms with Crippen molar-refractivity contribution >= 4 is 33.5 Å². The molecule has 142 valence electrons. The van der Waals surface area contributed by atoms with Gasteiger partial charge in [-0.3, -0.25) is 14.4 Å². The minimum atomic E-state index is -3.36. The predicted molar refractivity (Wildman–Crippen MR) is 97.9 cm³/mol. The fraction of sp³-hybridized carbons (Fsp3) is 0.294. The van der Waals surface area contributed by atoms with E-state index in [4.69, 9.17) is 4.74 Å². The smallest absolute Gasteiger partial charge is 0.338 e. The van der Waals surface area contributed by atoms with Crippen LogP contribution < -0.4 is 9.62 Å². The maximum atomic E-state index is 12.3. The van der Waals surface area contributed by atoms with Crippen LogP contribution in [0.1, 0.15) is 22.8 Å². The molecule has 3 rings (SSSR count). The molecule has 10 heteroatoms. The second-order valence-electron chi connectivity index (χ2n) is 6.04. The fourth-order valence-corrected chi connectivity index (χ4v) is 3.66. The molecule has 0 saturated carbocycles.